The highest BCUT2D eigenvalue weighted by molar-refractivity contribution is 5.91. The Balaban J connectivity index is 1.69. The normalized spacial score (nSPS) is 47.4. The summed E-state index contributed by atoms with van der Waals surface area (Å²) < 4.78 is 0. The molecule has 3 fully saturated rings. The number of aliphatic hydroxyl groups is 1. The number of rotatable bonds is 2. The summed E-state index contributed by atoms with van der Waals surface area (Å²) >= 11 is 0. The fourth-order valence-corrected chi connectivity index (χ4v) is 7.06. The molecule has 4 rings (SSSR count). The summed E-state index contributed by atoms with van der Waals surface area (Å²) in [6.07, 6.45) is 8.84. The second-order valence-corrected chi connectivity index (χ2v) is 8.88. The van der Waals surface area contributed by atoms with E-state index in [1.54, 1.807) is 0 Å². The average molecular weight is 332 g/mol. The Kier molecular flexibility index (Phi) is 3.68. The first-order valence-corrected chi connectivity index (χ1v) is 9.50. The van der Waals surface area contributed by atoms with Crippen molar-refractivity contribution >= 4 is 11.8 Å². The second kappa shape index (κ2) is 5.42. The number of aliphatic carboxylic acids is 1. The van der Waals surface area contributed by atoms with E-state index in [4.69, 9.17) is 0 Å². The highest BCUT2D eigenvalue weighted by Gasteiger charge is 2.61. The molecule has 6 atom stereocenters. The molecular formula is C20H28O4. The van der Waals surface area contributed by atoms with Gasteiger partial charge in [-0.05, 0) is 74.2 Å². The lowest BCUT2D eigenvalue weighted by molar-refractivity contribution is -0.150. The number of hydrogen-bond acceptors (Lipinski definition) is 3. The molecule has 0 heterocycles. The van der Waals surface area contributed by atoms with Crippen LogP contribution in [0, 0.1) is 34.5 Å². The number of carbonyl (C=O) groups is 2. The summed E-state index contributed by atoms with van der Waals surface area (Å²) in [6.45, 7) is 2.33. The largest absolute Gasteiger partial charge is 0.481 e. The average Bonchev–Trinajstić information content (AvgIpc) is 2.91. The summed E-state index contributed by atoms with van der Waals surface area (Å²) in [5, 5.41) is 19.9. The van der Waals surface area contributed by atoms with Gasteiger partial charge in [0.25, 0.3) is 0 Å². The molecule has 2 N–H and O–H groups in total. The lowest BCUT2D eigenvalue weighted by atomic mass is 9.46. The van der Waals surface area contributed by atoms with Gasteiger partial charge in [-0.2, -0.15) is 0 Å². The van der Waals surface area contributed by atoms with Gasteiger partial charge in [0.2, 0.25) is 0 Å². The maximum Gasteiger partial charge on any atom is 0.307 e. The van der Waals surface area contributed by atoms with Crippen molar-refractivity contribution in [1.29, 1.82) is 0 Å². The molecule has 0 amide bonds. The maximum absolute atomic E-state index is 11.9. The van der Waals surface area contributed by atoms with Crippen LogP contribution in [-0.4, -0.2) is 28.6 Å². The molecule has 0 spiro atoms. The number of fused-ring (bicyclic) bond motifs is 5. The van der Waals surface area contributed by atoms with Crippen molar-refractivity contribution in [1.82, 2.24) is 0 Å². The smallest absolute Gasteiger partial charge is 0.307 e. The van der Waals surface area contributed by atoms with Crippen molar-refractivity contribution in [2.24, 2.45) is 34.5 Å². The van der Waals surface area contributed by atoms with E-state index in [2.05, 4.69) is 6.92 Å². The Morgan fingerprint density at radius 1 is 1.17 bits per heavy atom. The van der Waals surface area contributed by atoms with E-state index in [1.807, 2.05) is 6.08 Å². The molecule has 0 saturated heterocycles. The van der Waals surface area contributed by atoms with Crippen LogP contribution in [0.2, 0.25) is 0 Å². The number of carboxylic acids is 1. The molecule has 4 aliphatic rings. The molecule has 4 nitrogen and oxygen atoms in total. The Morgan fingerprint density at radius 2 is 1.96 bits per heavy atom. The minimum Gasteiger partial charge on any atom is -0.481 e. The topological polar surface area (TPSA) is 74.6 Å². The number of carboxylic acid groups (broad SMARTS) is 1. The Morgan fingerprint density at radius 3 is 2.67 bits per heavy atom. The van der Waals surface area contributed by atoms with Crippen LogP contribution < -0.4 is 0 Å². The molecule has 0 unspecified atom stereocenters. The summed E-state index contributed by atoms with van der Waals surface area (Å²) in [5.41, 5.74) is 0.883. The van der Waals surface area contributed by atoms with E-state index in [0.717, 1.165) is 44.9 Å². The van der Waals surface area contributed by atoms with E-state index in [0.29, 0.717) is 24.2 Å². The van der Waals surface area contributed by atoms with Gasteiger partial charge in [-0.15, -0.1) is 0 Å². The quantitative estimate of drug-likeness (QED) is 0.814. The van der Waals surface area contributed by atoms with Crippen LogP contribution in [0.25, 0.3) is 0 Å². The SMILES string of the molecule is C[C@]12CC[C@@H]3[C@H](CCC4=CC(=O)CC[C@]43CO)[C@H]1CC[C@H]2C(=O)O. The van der Waals surface area contributed by atoms with Gasteiger partial charge in [-0.25, -0.2) is 0 Å². The molecule has 0 radical (unpaired) electrons. The number of ketones is 1. The third kappa shape index (κ3) is 2.01. The fraction of sp³-hybridized carbons (Fsp3) is 0.800. The first-order valence-electron chi connectivity index (χ1n) is 9.50. The maximum atomic E-state index is 11.9. The monoisotopic (exact) mass is 332 g/mol. The summed E-state index contributed by atoms with van der Waals surface area (Å²) in [4.78, 5) is 23.6. The van der Waals surface area contributed by atoms with E-state index in [1.165, 1.54) is 5.57 Å². The number of carbonyl (C=O) groups excluding carboxylic acids is 1. The molecule has 0 aromatic carbocycles. The Bertz CT molecular complexity index is 609. The Labute approximate surface area is 143 Å². The predicted octanol–water partition coefficient (Wildman–Crippen LogP) is 3.19. The van der Waals surface area contributed by atoms with Crippen LogP contribution in [-0.2, 0) is 9.59 Å². The Hall–Kier alpha value is -1.16. The van der Waals surface area contributed by atoms with Crippen molar-refractivity contribution in [3.63, 3.8) is 0 Å². The molecule has 0 bridgehead atoms. The highest BCUT2D eigenvalue weighted by Crippen LogP contribution is 2.66. The number of aliphatic hydroxyl groups excluding tert-OH is 1. The molecule has 132 valence electrons. The van der Waals surface area contributed by atoms with Gasteiger partial charge in [-0.1, -0.05) is 12.5 Å². The van der Waals surface area contributed by atoms with E-state index >= 15 is 0 Å². The van der Waals surface area contributed by atoms with Gasteiger partial charge in [0, 0.05) is 11.8 Å². The molecule has 4 aliphatic carbocycles. The van der Waals surface area contributed by atoms with E-state index in [9.17, 15) is 19.8 Å². The zero-order valence-corrected chi connectivity index (χ0v) is 14.5. The van der Waals surface area contributed by atoms with Crippen LogP contribution in [0.5, 0.6) is 0 Å². The summed E-state index contributed by atoms with van der Waals surface area (Å²) in [5.74, 6) is 0.750. The fourth-order valence-electron chi connectivity index (χ4n) is 7.06. The van der Waals surface area contributed by atoms with E-state index < -0.39 is 5.97 Å². The molecule has 0 aliphatic heterocycles. The van der Waals surface area contributed by atoms with Crippen LogP contribution in [0.4, 0.5) is 0 Å². The molecule has 0 aromatic rings. The lowest BCUT2D eigenvalue weighted by Gasteiger charge is -2.58. The zero-order chi connectivity index (χ0) is 17.1. The predicted molar refractivity (Wildman–Crippen MR) is 89.2 cm³/mol. The highest BCUT2D eigenvalue weighted by atomic mass is 16.4. The minimum atomic E-state index is -0.630. The van der Waals surface area contributed by atoms with Crippen molar-refractivity contribution in [3.05, 3.63) is 11.6 Å². The van der Waals surface area contributed by atoms with Gasteiger partial charge in [-0.3, -0.25) is 9.59 Å². The lowest BCUT2D eigenvalue weighted by Crippen LogP contribution is -2.53. The molecule has 0 aromatic heterocycles. The van der Waals surface area contributed by atoms with Crippen LogP contribution >= 0.6 is 0 Å². The van der Waals surface area contributed by atoms with Crippen LogP contribution in [0.3, 0.4) is 0 Å². The third-order valence-corrected chi connectivity index (χ3v) is 8.27. The second-order valence-electron chi connectivity index (χ2n) is 8.88. The van der Waals surface area contributed by atoms with Gasteiger partial charge in [0.1, 0.15) is 0 Å². The zero-order valence-electron chi connectivity index (χ0n) is 14.5. The van der Waals surface area contributed by atoms with E-state index in [-0.39, 0.29) is 29.1 Å². The summed E-state index contributed by atoms with van der Waals surface area (Å²) in [6, 6.07) is 0. The summed E-state index contributed by atoms with van der Waals surface area (Å²) in [7, 11) is 0. The van der Waals surface area contributed by atoms with Gasteiger partial charge in [0.15, 0.2) is 5.78 Å². The van der Waals surface area contributed by atoms with Crippen LogP contribution in [0.1, 0.15) is 58.3 Å². The first kappa shape index (κ1) is 16.3. The van der Waals surface area contributed by atoms with Gasteiger partial charge >= 0.3 is 5.97 Å². The standard InChI is InChI=1S/C20H28O4/c1-19-8-7-16-14(15(19)4-5-17(19)18(23)24)3-2-12-10-13(22)6-9-20(12,16)11-21/h10,14-17,21H,2-9,11H2,1H3,(H,23,24)/t14-,15-,16-,17+,19+,20+/m1/s1. The molecular weight excluding hydrogens is 304 g/mol. The van der Waals surface area contributed by atoms with Crippen molar-refractivity contribution in [2.45, 2.75) is 58.3 Å². The van der Waals surface area contributed by atoms with Crippen LogP contribution in [0.15, 0.2) is 11.6 Å². The molecule has 24 heavy (non-hydrogen) atoms. The minimum absolute atomic E-state index is 0.0879. The first-order chi connectivity index (χ1) is 11.4. The van der Waals surface area contributed by atoms with Crippen molar-refractivity contribution in [3.8, 4) is 0 Å². The van der Waals surface area contributed by atoms with Crippen molar-refractivity contribution < 1.29 is 19.8 Å². The molecule has 4 heteroatoms. The third-order valence-electron chi connectivity index (χ3n) is 8.27. The van der Waals surface area contributed by atoms with Crippen molar-refractivity contribution in [2.75, 3.05) is 6.61 Å². The molecule has 3 saturated carbocycles. The van der Waals surface area contributed by atoms with Gasteiger partial charge < -0.3 is 10.2 Å². The van der Waals surface area contributed by atoms with Gasteiger partial charge in [0.05, 0.1) is 12.5 Å². The number of hydrogen-bond donors (Lipinski definition) is 2.